The lowest BCUT2D eigenvalue weighted by atomic mass is 10.1. The van der Waals surface area contributed by atoms with Gasteiger partial charge in [0.05, 0.1) is 15.6 Å². The van der Waals surface area contributed by atoms with E-state index in [9.17, 15) is 8.42 Å². The predicted octanol–water partition coefficient (Wildman–Crippen LogP) is 4.43. The normalized spacial score (nSPS) is 11.4. The minimum atomic E-state index is -3.25. The first-order chi connectivity index (χ1) is 9.77. The molecular formula is C15H15BrClNO2S. The van der Waals surface area contributed by atoms with Crippen LogP contribution in [0.2, 0.25) is 5.02 Å². The Labute approximate surface area is 138 Å². The van der Waals surface area contributed by atoms with E-state index in [0.717, 1.165) is 10.0 Å². The molecule has 0 heterocycles. The summed E-state index contributed by atoms with van der Waals surface area (Å²) in [4.78, 5) is 0.248. The number of hydrogen-bond donors (Lipinski definition) is 1. The molecule has 0 aliphatic carbocycles. The fraction of sp³-hybridized carbons (Fsp3) is 0.200. The zero-order valence-corrected chi connectivity index (χ0v) is 14.8. The molecule has 2 aromatic carbocycles. The summed E-state index contributed by atoms with van der Waals surface area (Å²) in [6.45, 7) is 2.57. The fourth-order valence-electron chi connectivity index (χ4n) is 1.86. The number of anilines is 1. The number of benzene rings is 2. The lowest BCUT2D eigenvalue weighted by Gasteiger charge is -2.11. The minimum Gasteiger partial charge on any atom is -0.380 e. The van der Waals surface area contributed by atoms with Crippen molar-refractivity contribution >= 4 is 43.1 Å². The van der Waals surface area contributed by atoms with Crippen molar-refractivity contribution in [3.8, 4) is 0 Å². The van der Waals surface area contributed by atoms with E-state index in [1.807, 2.05) is 25.1 Å². The standard InChI is InChI=1S/C15H15BrClNO2S/c1-10-3-4-11(13(16)7-10)9-18-15-8-12(21(2,19)20)5-6-14(15)17/h3-8,18H,9H2,1-2H3. The molecule has 21 heavy (non-hydrogen) atoms. The molecule has 0 unspecified atom stereocenters. The Kier molecular flexibility index (Phi) is 4.96. The number of aryl methyl sites for hydroxylation is 1. The van der Waals surface area contributed by atoms with Crippen molar-refractivity contribution in [3.63, 3.8) is 0 Å². The number of hydrogen-bond acceptors (Lipinski definition) is 3. The molecule has 3 nitrogen and oxygen atoms in total. The first-order valence-electron chi connectivity index (χ1n) is 6.26. The summed E-state index contributed by atoms with van der Waals surface area (Å²) >= 11 is 9.63. The van der Waals surface area contributed by atoms with Crippen molar-refractivity contribution < 1.29 is 8.42 Å². The molecule has 2 rings (SSSR count). The van der Waals surface area contributed by atoms with Crippen LogP contribution in [0.5, 0.6) is 0 Å². The maximum absolute atomic E-state index is 11.6. The van der Waals surface area contributed by atoms with E-state index in [1.165, 1.54) is 17.9 Å². The van der Waals surface area contributed by atoms with Crippen molar-refractivity contribution in [2.75, 3.05) is 11.6 Å². The van der Waals surface area contributed by atoms with Gasteiger partial charge in [0.25, 0.3) is 0 Å². The summed E-state index contributed by atoms with van der Waals surface area (Å²) in [6, 6.07) is 10.7. The van der Waals surface area contributed by atoms with Crippen molar-refractivity contribution in [1.82, 2.24) is 0 Å². The Hall–Kier alpha value is -1.04. The SMILES string of the molecule is Cc1ccc(CNc2cc(S(C)(=O)=O)ccc2Cl)c(Br)c1. The molecule has 0 atom stereocenters. The third kappa shape index (κ3) is 4.22. The van der Waals surface area contributed by atoms with Crippen molar-refractivity contribution in [2.45, 2.75) is 18.4 Å². The zero-order valence-electron chi connectivity index (χ0n) is 11.7. The molecule has 1 N–H and O–H groups in total. The van der Waals surface area contributed by atoms with E-state index in [1.54, 1.807) is 12.1 Å². The second kappa shape index (κ2) is 6.38. The molecule has 0 amide bonds. The highest BCUT2D eigenvalue weighted by molar-refractivity contribution is 9.10. The highest BCUT2D eigenvalue weighted by Crippen LogP contribution is 2.27. The van der Waals surface area contributed by atoms with Gasteiger partial charge in [0.2, 0.25) is 0 Å². The Balaban J connectivity index is 2.23. The van der Waals surface area contributed by atoms with E-state index in [2.05, 4.69) is 21.2 Å². The first kappa shape index (κ1) is 16.3. The fourth-order valence-corrected chi connectivity index (χ4v) is 3.32. The number of rotatable bonds is 4. The van der Waals surface area contributed by atoms with Crippen LogP contribution < -0.4 is 5.32 Å². The molecule has 112 valence electrons. The molecule has 0 saturated heterocycles. The lowest BCUT2D eigenvalue weighted by Crippen LogP contribution is -2.03. The Morgan fingerprint density at radius 3 is 2.52 bits per heavy atom. The first-order valence-corrected chi connectivity index (χ1v) is 9.32. The van der Waals surface area contributed by atoms with Crippen LogP contribution in [0.3, 0.4) is 0 Å². The van der Waals surface area contributed by atoms with Gasteiger partial charge in [0, 0.05) is 17.3 Å². The van der Waals surface area contributed by atoms with Crippen LogP contribution in [-0.4, -0.2) is 14.7 Å². The van der Waals surface area contributed by atoms with Crippen molar-refractivity contribution in [3.05, 3.63) is 57.0 Å². The summed E-state index contributed by atoms with van der Waals surface area (Å²) in [7, 11) is -3.25. The molecule has 0 bridgehead atoms. The second-order valence-corrected chi connectivity index (χ2v) is 8.14. The van der Waals surface area contributed by atoms with Crippen LogP contribution in [0, 0.1) is 6.92 Å². The molecule has 6 heteroatoms. The van der Waals surface area contributed by atoms with Gasteiger partial charge >= 0.3 is 0 Å². The third-order valence-corrected chi connectivity index (χ3v) is 5.22. The molecular weight excluding hydrogens is 374 g/mol. The second-order valence-electron chi connectivity index (χ2n) is 4.86. The highest BCUT2D eigenvalue weighted by Gasteiger charge is 2.10. The largest absolute Gasteiger partial charge is 0.380 e. The average Bonchev–Trinajstić information content (AvgIpc) is 2.38. The van der Waals surface area contributed by atoms with Gasteiger partial charge in [0.15, 0.2) is 9.84 Å². The van der Waals surface area contributed by atoms with Gasteiger partial charge < -0.3 is 5.32 Å². The van der Waals surface area contributed by atoms with E-state index in [4.69, 9.17) is 11.6 Å². The van der Waals surface area contributed by atoms with E-state index in [-0.39, 0.29) is 4.90 Å². The van der Waals surface area contributed by atoms with Crippen LogP contribution in [0.25, 0.3) is 0 Å². The van der Waals surface area contributed by atoms with Crippen molar-refractivity contribution in [1.29, 1.82) is 0 Å². The molecule has 0 spiro atoms. The summed E-state index contributed by atoms with van der Waals surface area (Å²) < 4.78 is 24.2. The number of nitrogens with one attached hydrogen (secondary N) is 1. The molecule has 0 aliphatic heterocycles. The van der Waals surface area contributed by atoms with Gasteiger partial charge in [-0.3, -0.25) is 0 Å². The van der Waals surface area contributed by atoms with Crippen LogP contribution in [0.15, 0.2) is 45.8 Å². The monoisotopic (exact) mass is 387 g/mol. The van der Waals surface area contributed by atoms with Gasteiger partial charge in [-0.25, -0.2) is 8.42 Å². The number of sulfone groups is 1. The molecule has 2 aromatic rings. The van der Waals surface area contributed by atoms with E-state index in [0.29, 0.717) is 17.3 Å². The van der Waals surface area contributed by atoms with Crippen LogP contribution in [0.1, 0.15) is 11.1 Å². The summed E-state index contributed by atoms with van der Waals surface area (Å²) in [5.74, 6) is 0. The average molecular weight is 389 g/mol. The smallest absolute Gasteiger partial charge is 0.175 e. The summed E-state index contributed by atoms with van der Waals surface area (Å²) in [5, 5.41) is 3.67. The van der Waals surface area contributed by atoms with Crippen molar-refractivity contribution in [2.24, 2.45) is 0 Å². The third-order valence-electron chi connectivity index (χ3n) is 3.04. The maximum Gasteiger partial charge on any atom is 0.175 e. The van der Waals surface area contributed by atoms with Gasteiger partial charge in [-0.05, 0) is 42.3 Å². The molecule has 0 fully saturated rings. The lowest BCUT2D eigenvalue weighted by molar-refractivity contribution is 0.602. The van der Waals surface area contributed by atoms with Crippen LogP contribution >= 0.6 is 27.5 Å². The Morgan fingerprint density at radius 1 is 1.19 bits per heavy atom. The topological polar surface area (TPSA) is 46.2 Å². The minimum absolute atomic E-state index is 0.248. The molecule has 0 aromatic heterocycles. The Bertz CT molecular complexity index is 775. The predicted molar refractivity (Wildman–Crippen MR) is 90.8 cm³/mol. The van der Waals surface area contributed by atoms with Gasteiger partial charge in [-0.15, -0.1) is 0 Å². The highest BCUT2D eigenvalue weighted by atomic mass is 79.9. The quantitative estimate of drug-likeness (QED) is 0.843. The van der Waals surface area contributed by atoms with Gasteiger partial charge in [0.1, 0.15) is 0 Å². The van der Waals surface area contributed by atoms with Crippen LogP contribution in [0.4, 0.5) is 5.69 Å². The summed E-state index contributed by atoms with van der Waals surface area (Å²) in [6.07, 6.45) is 1.18. The van der Waals surface area contributed by atoms with Crippen LogP contribution in [-0.2, 0) is 16.4 Å². The molecule has 0 radical (unpaired) electrons. The maximum atomic E-state index is 11.6. The van der Waals surface area contributed by atoms with E-state index >= 15 is 0 Å². The molecule has 0 aliphatic rings. The Morgan fingerprint density at radius 2 is 1.90 bits per heavy atom. The van der Waals surface area contributed by atoms with Gasteiger partial charge in [-0.1, -0.05) is 39.7 Å². The van der Waals surface area contributed by atoms with E-state index < -0.39 is 9.84 Å². The zero-order chi connectivity index (χ0) is 15.6. The summed E-state index contributed by atoms with van der Waals surface area (Å²) in [5.41, 5.74) is 2.84. The molecule has 0 saturated carbocycles. The number of halogens is 2. The van der Waals surface area contributed by atoms with Gasteiger partial charge in [-0.2, -0.15) is 0 Å².